The summed E-state index contributed by atoms with van der Waals surface area (Å²) < 4.78 is 13.0. The zero-order valence-corrected chi connectivity index (χ0v) is 10.4. The van der Waals surface area contributed by atoms with Crippen LogP contribution in [0.1, 0.15) is 6.42 Å². The highest BCUT2D eigenvalue weighted by Crippen LogP contribution is 2.22. The van der Waals surface area contributed by atoms with Crippen LogP contribution in [0, 0.1) is 5.82 Å². The van der Waals surface area contributed by atoms with E-state index in [-0.39, 0.29) is 17.1 Å². The van der Waals surface area contributed by atoms with Gasteiger partial charge in [-0.2, -0.15) is 0 Å². The normalized spacial score (nSPS) is 11.7. The number of halogens is 2. The first-order valence-electron chi connectivity index (χ1n) is 5.30. The van der Waals surface area contributed by atoms with Crippen LogP contribution < -0.4 is 10.6 Å². The number of aliphatic hydroxyl groups excluding tert-OH is 1. The SMILES string of the molecule is O=C(Nc1cc(F)ccc1Cl)N[C@H](CCO)C(=O)O. The molecule has 0 spiro atoms. The van der Waals surface area contributed by atoms with Gasteiger partial charge in [0.15, 0.2) is 0 Å². The first kappa shape index (κ1) is 15.2. The monoisotopic (exact) mass is 290 g/mol. The lowest BCUT2D eigenvalue weighted by atomic mass is 10.2. The van der Waals surface area contributed by atoms with E-state index in [0.717, 1.165) is 12.1 Å². The number of anilines is 1. The van der Waals surface area contributed by atoms with E-state index >= 15 is 0 Å². The van der Waals surface area contributed by atoms with Gasteiger partial charge >= 0.3 is 12.0 Å². The summed E-state index contributed by atoms with van der Waals surface area (Å²) in [5.74, 6) is -1.88. The van der Waals surface area contributed by atoms with Crippen LogP contribution in [0.3, 0.4) is 0 Å². The van der Waals surface area contributed by atoms with Gasteiger partial charge in [0.2, 0.25) is 0 Å². The van der Waals surface area contributed by atoms with E-state index in [2.05, 4.69) is 10.6 Å². The number of aliphatic hydroxyl groups is 1. The van der Waals surface area contributed by atoms with Crippen molar-refractivity contribution in [2.45, 2.75) is 12.5 Å². The summed E-state index contributed by atoms with van der Waals surface area (Å²) in [6.07, 6.45) is -0.139. The third-order valence-corrected chi connectivity index (χ3v) is 2.53. The van der Waals surface area contributed by atoms with E-state index in [1.807, 2.05) is 0 Å². The topological polar surface area (TPSA) is 98.7 Å². The number of carbonyl (C=O) groups excluding carboxylic acids is 1. The highest BCUT2D eigenvalue weighted by atomic mass is 35.5. The van der Waals surface area contributed by atoms with Crippen LogP contribution >= 0.6 is 11.6 Å². The summed E-state index contributed by atoms with van der Waals surface area (Å²) in [5, 5.41) is 21.9. The van der Waals surface area contributed by atoms with Crippen molar-refractivity contribution in [3.05, 3.63) is 29.0 Å². The van der Waals surface area contributed by atoms with E-state index in [9.17, 15) is 14.0 Å². The van der Waals surface area contributed by atoms with Crippen molar-refractivity contribution in [1.29, 1.82) is 0 Å². The summed E-state index contributed by atoms with van der Waals surface area (Å²) in [7, 11) is 0. The Morgan fingerprint density at radius 3 is 2.68 bits per heavy atom. The van der Waals surface area contributed by atoms with Gasteiger partial charge in [-0.1, -0.05) is 11.6 Å². The zero-order valence-electron chi connectivity index (χ0n) is 9.69. The molecule has 0 bridgehead atoms. The van der Waals surface area contributed by atoms with Crippen LogP contribution in [0.5, 0.6) is 0 Å². The molecule has 6 nitrogen and oxygen atoms in total. The average molecular weight is 291 g/mol. The van der Waals surface area contributed by atoms with Gasteiger partial charge in [-0.25, -0.2) is 14.0 Å². The molecule has 1 aromatic rings. The van der Waals surface area contributed by atoms with Crippen LogP contribution in [0.25, 0.3) is 0 Å². The van der Waals surface area contributed by atoms with Crippen molar-refractivity contribution >= 4 is 29.3 Å². The van der Waals surface area contributed by atoms with Gasteiger partial charge in [0.1, 0.15) is 11.9 Å². The Bertz CT molecular complexity index is 484. The molecule has 1 rings (SSSR count). The minimum absolute atomic E-state index is 0.0207. The van der Waals surface area contributed by atoms with Gasteiger partial charge in [0.25, 0.3) is 0 Å². The summed E-state index contributed by atoms with van der Waals surface area (Å²) >= 11 is 5.74. The van der Waals surface area contributed by atoms with Gasteiger partial charge in [0, 0.05) is 13.0 Å². The van der Waals surface area contributed by atoms with Gasteiger partial charge in [-0.05, 0) is 18.2 Å². The second-order valence-electron chi connectivity index (χ2n) is 3.63. The maximum absolute atomic E-state index is 13.0. The Labute approximate surface area is 113 Å². The highest BCUT2D eigenvalue weighted by Gasteiger charge is 2.19. The first-order chi connectivity index (χ1) is 8.93. The number of benzene rings is 1. The van der Waals surface area contributed by atoms with Crippen molar-refractivity contribution in [3.8, 4) is 0 Å². The molecular formula is C11H12ClFN2O4. The van der Waals surface area contributed by atoms with Crippen LogP contribution in [0.4, 0.5) is 14.9 Å². The number of hydrogen-bond acceptors (Lipinski definition) is 3. The zero-order chi connectivity index (χ0) is 14.4. The molecule has 0 aliphatic heterocycles. The van der Waals surface area contributed by atoms with E-state index in [4.69, 9.17) is 21.8 Å². The van der Waals surface area contributed by atoms with Crippen molar-refractivity contribution in [1.82, 2.24) is 5.32 Å². The van der Waals surface area contributed by atoms with Gasteiger partial charge in [-0.15, -0.1) is 0 Å². The second kappa shape index (κ2) is 6.91. The number of rotatable bonds is 5. The minimum Gasteiger partial charge on any atom is -0.480 e. The number of aliphatic carboxylic acids is 1. The largest absolute Gasteiger partial charge is 0.480 e. The highest BCUT2D eigenvalue weighted by molar-refractivity contribution is 6.33. The van der Waals surface area contributed by atoms with E-state index in [1.54, 1.807) is 0 Å². The lowest BCUT2D eigenvalue weighted by Gasteiger charge is -2.14. The quantitative estimate of drug-likeness (QED) is 0.659. The number of carboxylic acids is 1. The number of amides is 2. The van der Waals surface area contributed by atoms with E-state index in [0.29, 0.717) is 0 Å². The molecular weight excluding hydrogens is 279 g/mol. The van der Waals surface area contributed by atoms with Crippen molar-refractivity contribution in [3.63, 3.8) is 0 Å². The van der Waals surface area contributed by atoms with Crippen LogP contribution in [0.2, 0.25) is 5.02 Å². The standard InChI is InChI=1S/C11H12ClFN2O4/c12-7-2-1-6(13)5-9(7)15-11(19)14-8(3-4-16)10(17)18/h1-2,5,8,16H,3-4H2,(H,17,18)(H2,14,15,19)/t8-/m1/s1. The molecule has 0 aromatic heterocycles. The molecule has 0 fully saturated rings. The molecule has 2 amide bonds. The van der Waals surface area contributed by atoms with Gasteiger partial charge < -0.3 is 20.8 Å². The van der Waals surface area contributed by atoms with Crippen molar-refractivity contribution in [2.24, 2.45) is 0 Å². The average Bonchev–Trinajstić information content (AvgIpc) is 2.33. The lowest BCUT2D eigenvalue weighted by molar-refractivity contribution is -0.139. The Morgan fingerprint density at radius 2 is 2.11 bits per heavy atom. The Morgan fingerprint density at radius 1 is 1.42 bits per heavy atom. The van der Waals surface area contributed by atoms with Crippen LogP contribution in [-0.4, -0.2) is 34.9 Å². The van der Waals surface area contributed by atoms with E-state index in [1.165, 1.54) is 6.07 Å². The maximum Gasteiger partial charge on any atom is 0.326 e. The number of carboxylic acid groups (broad SMARTS) is 1. The fourth-order valence-corrected chi connectivity index (χ4v) is 1.46. The third kappa shape index (κ3) is 4.72. The lowest BCUT2D eigenvalue weighted by Crippen LogP contribution is -2.43. The minimum atomic E-state index is -1.28. The Hall–Kier alpha value is -1.86. The summed E-state index contributed by atoms with van der Waals surface area (Å²) in [4.78, 5) is 22.3. The molecule has 0 radical (unpaired) electrons. The van der Waals surface area contributed by atoms with Crippen LogP contribution in [0.15, 0.2) is 18.2 Å². The maximum atomic E-state index is 13.0. The number of nitrogens with one attached hydrogen (secondary N) is 2. The number of urea groups is 1. The Balaban J connectivity index is 2.68. The molecule has 1 atom stereocenters. The fraction of sp³-hybridized carbons (Fsp3) is 0.273. The predicted molar refractivity (Wildman–Crippen MR) is 66.7 cm³/mol. The fourth-order valence-electron chi connectivity index (χ4n) is 1.30. The molecule has 0 saturated heterocycles. The van der Waals surface area contributed by atoms with E-state index < -0.39 is 30.5 Å². The number of carbonyl (C=O) groups is 2. The summed E-state index contributed by atoms with van der Waals surface area (Å²) in [5.41, 5.74) is 0.0207. The number of hydrogen-bond donors (Lipinski definition) is 4. The predicted octanol–water partition coefficient (Wildman–Crippen LogP) is 1.44. The van der Waals surface area contributed by atoms with Crippen molar-refractivity contribution in [2.75, 3.05) is 11.9 Å². The molecule has 0 unspecified atom stereocenters. The second-order valence-corrected chi connectivity index (χ2v) is 4.03. The molecule has 1 aromatic carbocycles. The molecule has 104 valence electrons. The Kier molecular flexibility index (Phi) is 5.53. The van der Waals surface area contributed by atoms with Crippen molar-refractivity contribution < 1.29 is 24.2 Å². The smallest absolute Gasteiger partial charge is 0.326 e. The van der Waals surface area contributed by atoms with Crippen LogP contribution in [-0.2, 0) is 4.79 Å². The summed E-state index contributed by atoms with van der Waals surface area (Å²) in [6, 6.07) is 1.29. The molecule has 0 heterocycles. The molecule has 4 N–H and O–H groups in total. The van der Waals surface area contributed by atoms with Gasteiger partial charge in [-0.3, -0.25) is 0 Å². The van der Waals surface area contributed by atoms with Gasteiger partial charge in [0.05, 0.1) is 10.7 Å². The molecule has 19 heavy (non-hydrogen) atoms. The summed E-state index contributed by atoms with van der Waals surface area (Å²) in [6.45, 7) is -0.391. The molecule has 0 saturated carbocycles. The molecule has 8 heteroatoms. The molecule has 0 aliphatic rings. The molecule has 0 aliphatic carbocycles. The first-order valence-corrected chi connectivity index (χ1v) is 5.68. The third-order valence-electron chi connectivity index (χ3n) is 2.20.